The van der Waals surface area contributed by atoms with Gasteiger partial charge < -0.3 is 24.3 Å². The number of carbonyl (C=O) groups is 1. The molecule has 0 aromatic heterocycles. The van der Waals surface area contributed by atoms with Crippen LogP contribution in [0.5, 0.6) is 0 Å². The fourth-order valence-corrected chi connectivity index (χ4v) is 4.81. The Labute approximate surface area is 187 Å². The van der Waals surface area contributed by atoms with Gasteiger partial charge in [-0.2, -0.15) is 5.26 Å². The van der Waals surface area contributed by atoms with Crippen molar-refractivity contribution in [2.24, 2.45) is 5.92 Å². The van der Waals surface area contributed by atoms with E-state index in [0.717, 1.165) is 11.1 Å². The fourth-order valence-electron chi connectivity index (χ4n) is 4.81. The van der Waals surface area contributed by atoms with Crippen LogP contribution in [0.15, 0.2) is 60.7 Å². The number of carbonyl (C=O) groups excluding carboxylic acids is 1. The highest BCUT2D eigenvalue weighted by molar-refractivity contribution is 5.73. The van der Waals surface area contributed by atoms with Crippen molar-refractivity contribution in [1.29, 1.82) is 5.26 Å². The third kappa shape index (κ3) is 3.91. The predicted molar refractivity (Wildman–Crippen MR) is 114 cm³/mol. The van der Waals surface area contributed by atoms with Gasteiger partial charge in [-0.1, -0.05) is 60.7 Å². The van der Waals surface area contributed by atoms with Crippen molar-refractivity contribution < 1.29 is 23.7 Å². The average Bonchev–Trinajstić information content (AvgIpc) is 3.53. The van der Waals surface area contributed by atoms with E-state index in [0.29, 0.717) is 19.6 Å². The van der Waals surface area contributed by atoms with E-state index in [9.17, 15) is 10.1 Å². The molecule has 1 saturated carbocycles. The number of fused-ring (bicyclic) bond motifs is 1. The monoisotopic (exact) mass is 434 g/mol. The minimum absolute atomic E-state index is 0.194. The van der Waals surface area contributed by atoms with Gasteiger partial charge in [-0.3, -0.25) is 4.79 Å². The molecule has 7 atom stereocenters. The summed E-state index contributed by atoms with van der Waals surface area (Å²) in [4.78, 5) is 12.1. The molecule has 2 heterocycles. The zero-order valence-corrected chi connectivity index (χ0v) is 17.8. The van der Waals surface area contributed by atoms with Crippen molar-refractivity contribution >= 4 is 5.91 Å². The molecule has 3 fully saturated rings. The minimum atomic E-state index is -0.782. The van der Waals surface area contributed by atoms with E-state index >= 15 is 0 Å². The average molecular weight is 434 g/mol. The van der Waals surface area contributed by atoms with Crippen molar-refractivity contribution in [1.82, 2.24) is 5.32 Å². The molecule has 32 heavy (non-hydrogen) atoms. The van der Waals surface area contributed by atoms with Gasteiger partial charge in [0.25, 0.3) is 0 Å². The molecular formula is C25H26N2O5. The largest absolute Gasteiger partial charge is 0.368 e. The second kappa shape index (κ2) is 8.64. The van der Waals surface area contributed by atoms with Gasteiger partial charge in [0.15, 0.2) is 6.29 Å². The molecule has 7 nitrogen and oxygen atoms in total. The summed E-state index contributed by atoms with van der Waals surface area (Å²) in [6.45, 7) is 2.15. The first-order valence-corrected chi connectivity index (χ1v) is 10.9. The van der Waals surface area contributed by atoms with Gasteiger partial charge in [0.1, 0.15) is 23.9 Å². The van der Waals surface area contributed by atoms with Crippen LogP contribution in [0.4, 0.5) is 0 Å². The first kappa shape index (κ1) is 21.1. The fraction of sp³-hybridized carbons (Fsp3) is 0.440. The van der Waals surface area contributed by atoms with E-state index < -0.39 is 30.1 Å². The van der Waals surface area contributed by atoms with Gasteiger partial charge in [0.2, 0.25) is 5.91 Å². The number of hydrogen-bond acceptors (Lipinski definition) is 6. The van der Waals surface area contributed by atoms with Crippen molar-refractivity contribution in [2.45, 2.75) is 56.2 Å². The van der Waals surface area contributed by atoms with Gasteiger partial charge >= 0.3 is 0 Å². The van der Waals surface area contributed by atoms with E-state index in [1.165, 1.54) is 6.92 Å². The second-order valence-corrected chi connectivity index (χ2v) is 8.61. The lowest BCUT2D eigenvalue weighted by molar-refractivity contribution is -0.326. The highest BCUT2D eigenvalue weighted by Crippen LogP contribution is 2.55. The highest BCUT2D eigenvalue weighted by atomic mass is 16.7. The number of amides is 1. The first-order valence-electron chi connectivity index (χ1n) is 10.9. The molecule has 5 rings (SSSR count). The molecule has 2 aromatic carbocycles. The van der Waals surface area contributed by atoms with Crippen molar-refractivity contribution in [3.8, 4) is 6.07 Å². The molecule has 0 bridgehead atoms. The summed E-state index contributed by atoms with van der Waals surface area (Å²) in [5.41, 5.74) is 1.14. The predicted octanol–water partition coefficient (Wildman–Crippen LogP) is 2.87. The Hall–Kier alpha value is -2.76. The van der Waals surface area contributed by atoms with Gasteiger partial charge in [-0.25, -0.2) is 0 Å². The Morgan fingerprint density at radius 2 is 1.91 bits per heavy atom. The zero-order chi connectivity index (χ0) is 22.1. The summed E-state index contributed by atoms with van der Waals surface area (Å²) in [6, 6.07) is 21.4. The molecule has 0 unspecified atom stereocenters. The summed E-state index contributed by atoms with van der Waals surface area (Å²) in [7, 11) is 0. The Bertz CT molecular complexity index is 994. The molecule has 1 aliphatic carbocycles. The molecule has 2 saturated heterocycles. The molecule has 166 valence electrons. The zero-order valence-electron chi connectivity index (χ0n) is 17.8. The maximum Gasteiger partial charge on any atom is 0.217 e. The van der Waals surface area contributed by atoms with Crippen LogP contribution < -0.4 is 5.32 Å². The molecule has 1 spiro atoms. The summed E-state index contributed by atoms with van der Waals surface area (Å²) >= 11 is 0. The molecule has 3 aliphatic rings. The molecule has 2 aliphatic heterocycles. The van der Waals surface area contributed by atoms with Crippen LogP contribution in [0.2, 0.25) is 0 Å². The van der Waals surface area contributed by atoms with Crippen LogP contribution in [-0.2, 0) is 30.3 Å². The highest BCUT2D eigenvalue weighted by Gasteiger charge is 2.69. The first-order chi connectivity index (χ1) is 15.6. The maximum absolute atomic E-state index is 12.1. The summed E-state index contributed by atoms with van der Waals surface area (Å²) in [5, 5.41) is 12.6. The molecule has 7 heteroatoms. The number of ether oxygens (including phenoxy) is 4. The molecule has 0 radical (unpaired) electrons. The Morgan fingerprint density at radius 1 is 1.19 bits per heavy atom. The number of hydrogen-bond donors (Lipinski definition) is 1. The van der Waals surface area contributed by atoms with Crippen LogP contribution >= 0.6 is 0 Å². The SMILES string of the molecule is CC(=O)N[C@@H]1[C@H](OCc2ccccc2)[C@@H]2O[C@H](c3ccccc3)OC[C@H]2O[C@@]12C[C@H]2C#N. The van der Waals surface area contributed by atoms with Gasteiger partial charge in [0, 0.05) is 12.5 Å². The number of benzene rings is 2. The van der Waals surface area contributed by atoms with E-state index in [1.807, 2.05) is 60.7 Å². The molecular weight excluding hydrogens is 408 g/mol. The minimum Gasteiger partial charge on any atom is -0.368 e. The van der Waals surface area contributed by atoms with Crippen molar-refractivity contribution in [2.75, 3.05) is 6.61 Å². The third-order valence-electron chi connectivity index (χ3n) is 6.43. The summed E-state index contributed by atoms with van der Waals surface area (Å²) < 4.78 is 25.2. The van der Waals surface area contributed by atoms with Crippen LogP contribution in [-0.4, -0.2) is 42.5 Å². The lowest BCUT2D eigenvalue weighted by atomic mass is 9.88. The van der Waals surface area contributed by atoms with Crippen LogP contribution in [0.1, 0.15) is 30.8 Å². The molecule has 1 N–H and O–H groups in total. The Balaban J connectivity index is 1.45. The quantitative estimate of drug-likeness (QED) is 0.778. The smallest absolute Gasteiger partial charge is 0.217 e. The molecule has 1 amide bonds. The Kier molecular flexibility index (Phi) is 5.70. The number of nitriles is 1. The van der Waals surface area contributed by atoms with Crippen LogP contribution in [0, 0.1) is 17.2 Å². The van der Waals surface area contributed by atoms with Gasteiger partial charge in [0.05, 0.1) is 31.2 Å². The van der Waals surface area contributed by atoms with Gasteiger partial charge in [-0.05, 0) is 12.0 Å². The normalized spacial score (nSPS) is 35.5. The van der Waals surface area contributed by atoms with E-state index in [2.05, 4.69) is 11.4 Å². The lowest BCUT2D eigenvalue weighted by Crippen LogP contribution is -2.68. The lowest BCUT2D eigenvalue weighted by Gasteiger charge is -2.50. The van der Waals surface area contributed by atoms with Gasteiger partial charge in [-0.15, -0.1) is 0 Å². The second-order valence-electron chi connectivity index (χ2n) is 8.61. The number of nitrogens with zero attached hydrogens (tertiary/aromatic N) is 1. The third-order valence-corrected chi connectivity index (χ3v) is 6.43. The van der Waals surface area contributed by atoms with E-state index in [4.69, 9.17) is 18.9 Å². The van der Waals surface area contributed by atoms with E-state index in [-0.39, 0.29) is 17.9 Å². The summed E-state index contributed by atoms with van der Waals surface area (Å²) in [6.07, 6.45) is -1.35. The van der Waals surface area contributed by atoms with Crippen LogP contribution in [0.25, 0.3) is 0 Å². The standard InChI is InChI=1S/C25H26N2O5/c1-16(28)27-23-22(29-14-17-8-4-2-5-9-17)21-20(32-25(23)12-19(25)13-26)15-30-24(31-21)18-10-6-3-7-11-18/h2-11,19-24H,12,14-15H2,1H3,(H,27,28)/t19-,20+,21+,22+,23+,24+,25+/m0/s1. The Morgan fingerprint density at radius 3 is 2.56 bits per heavy atom. The van der Waals surface area contributed by atoms with Crippen LogP contribution in [0.3, 0.4) is 0 Å². The van der Waals surface area contributed by atoms with Crippen molar-refractivity contribution in [3.63, 3.8) is 0 Å². The summed E-state index contributed by atoms with van der Waals surface area (Å²) in [5.74, 6) is -0.505. The number of rotatable bonds is 5. The van der Waals surface area contributed by atoms with E-state index in [1.54, 1.807) is 0 Å². The topological polar surface area (TPSA) is 89.8 Å². The molecule has 2 aromatic rings. The van der Waals surface area contributed by atoms with Crippen molar-refractivity contribution in [3.05, 3.63) is 71.8 Å². The number of nitrogens with one attached hydrogen (secondary N) is 1. The maximum atomic E-state index is 12.1.